The first-order valence-electron chi connectivity index (χ1n) is 9.03. The van der Waals surface area contributed by atoms with E-state index in [1.165, 1.54) is 0 Å². The molecular weight excluding hydrogens is 362 g/mol. The summed E-state index contributed by atoms with van der Waals surface area (Å²) in [5.74, 6) is 0. The summed E-state index contributed by atoms with van der Waals surface area (Å²) in [7, 11) is -3.72. The van der Waals surface area contributed by atoms with Crippen molar-refractivity contribution in [2.45, 2.75) is 52.6 Å². The number of aromatic nitrogens is 2. The predicted molar refractivity (Wildman–Crippen MR) is 109 cm³/mol. The topological polar surface area (TPSA) is 73.1 Å². The second-order valence-corrected chi connectivity index (χ2v) is 8.43. The fraction of sp³-hybridized carbons (Fsp3) is 0.350. The highest BCUT2D eigenvalue weighted by molar-refractivity contribution is 7.92. The van der Waals surface area contributed by atoms with E-state index >= 15 is 0 Å². The van der Waals surface area contributed by atoms with Crippen molar-refractivity contribution in [2.75, 3.05) is 4.72 Å². The molecule has 0 saturated heterocycles. The van der Waals surface area contributed by atoms with E-state index in [1.807, 2.05) is 33.8 Å². The largest absolute Gasteiger partial charge is 0.329 e. The molecule has 0 bridgehead atoms. The van der Waals surface area contributed by atoms with E-state index in [0.717, 1.165) is 22.2 Å². The van der Waals surface area contributed by atoms with Gasteiger partial charge in [-0.05, 0) is 75.6 Å². The second-order valence-electron chi connectivity index (χ2n) is 6.78. The summed E-state index contributed by atoms with van der Waals surface area (Å²) < 4.78 is 31.8. The fourth-order valence-corrected chi connectivity index (χ4v) is 4.79. The summed E-state index contributed by atoms with van der Waals surface area (Å²) >= 11 is 0. The van der Waals surface area contributed by atoms with Gasteiger partial charge in [0.2, 0.25) is 0 Å². The smallest absolute Gasteiger partial charge is 0.292 e. The molecular formula is C20H25N3O3S. The maximum atomic E-state index is 12.9. The molecule has 0 unspecified atom stereocenters. The van der Waals surface area contributed by atoms with E-state index in [2.05, 4.69) is 4.72 Å². The SMILES string of the molecule is CCn1c(=O)n(CC)c2cc(NS(=O)(=O)c3cc(C)c(C)cc3C)ccc21. The second kappa shape index (κ2) is 6.88. The Hall–Kier alpha value is -2.54. The highest BCUT2D eigenvalue weighted by atomic mass is 32.2. The number of hydrogen-bond acceptors (Lipinski definition) is 3. The maximum Gasteiger partial charge on any atom is 0.329 e. The number of fused-ring (bicyclic) bond motifs is 1. The quantitative estimate of drug-likeness (QED) is 0.727. The zero-order chi connectivity index (χ0) is 19.9. The summed E-state index contributed by atoms with van der Waals surface area (Å²) in [5, 5.41) is 0. The minimum absolute atomic E-state index is 0.0833. The van der Waals surface area contributed by atoms with E-state index in [9.17, 15) is 13.2 Å². The van der Waals surface area contributed by atoms with Gasteiger partial charge in [0.15, 0.2) is 0 Å². The molecule has 6 nitrogen and oxygen atoms in total. The Kier molecular flexibility index (Phi) is 4.90. The van der Waals surface area contributed by atoms with E-state index in [0.29, 0.717) is 24.3 Å². The Morgan fingerprint density at radius 2 is 1.44 bits per heavy atom. The van der Waals surface area contributed by atoms with Gasteiger partial charge in [0.25, 0.3) is 10.0 Å². The molecule has 0 saturated carbocycles. The van der Waals surface area contributed by atoms with Gasteiger partial charge in [0, 0.05) is 13.1 Å². The molecule has 3 rings (SSSR count). The number of nitrogens with one attached hydrogen (secondary N) is 1. The Labute approximate surface area is 159 Å². The molecule has 27 heavy (non-hydrogen) atoms. The molecule has 7 heteroatoms. The molecule has 0 aliphatic rings. The van der Waals surface area contributed by atoms with Gasteiger partial charge in [-0.1, -0.05) is 6.07 Å². The standard InChI is InChI=1S/C20H25N3O3S/c1-6-22-17-9-8-16(12-18(17)23(7-2)20(22)24)21-27(25,26)19-11-14(4)13(3)10-15(19)5/h8-12,21H,6-7H2,1-5H3. The van der Waals surface area contributed by atoms with Crippen LogP contribution in [0.2, 0.25) is 0 Å². The molecule has 2 aromatic carbocycles. The summed E-state index contributed by atoms with van der Waals surface area (Å²) in [4.78, 5) is 12.7. The van der Waals surface area contributed by atoms with Crippen LogP contribution >= 0.6 is 0 Å². The van der Waals surface area contributed by atoms with Gasteiger partial charge in [-0.2, -0.15) is 0 Å². The van der Waals surface area contributed by atoms with Crippen molar-refractivity contribution >= 4 is 26.7 Å². The average Bonchev–Trinajstić information content (AvgIpc) is 2.87. The number of hydrogen-bond donors (Lipinski definition) is 1. The molecule has 144 valence electrons. The van der Waals surface area contributed by atoms with E-state index in [4.69, 9.17) is 0 Å². The lowest BCUT2D eigenvalue weighted by atomic mass is 10.1. The van der Waals surface area contributed by atoms with Gasteiger partial charge < -0.3 is 0 Å². The average molecular weight is 388 g/mol. The fourth-order valence-electron chi connectivity index (χ4n) is 3.43. The van der Waals surface area contributed by atoms with Crippen molar-refractivity contribution in [2.24, 2.45) is 0 Å². The van der Waals surface area contributed by atoms with Crippen LogP contribution in [0.1, 0.15) is 30.5 Å². The number of imidazole rings is 1. The number of anilines is 1. The number of nitrogens with zero attached hydrogens (tertiary/aromatic N) is 2. The zero-order valence-electron chi connectivity index (χ0n) is 16.3. The third-order valence-corrected chi connectivity index (χ3v) is 6.51. The maximum absolute atomic E-state index is 12.9. The lowest BCUT2D eigenvalue weighted by molar-refractivity contribution is 0.600. The van der Waals surface area contributed by atoms with Crippen LogP contribution in [0.25, 0.3) is 11.0 Å². The molecule has 0 radical (unpaired) electrons. The Bertz CT molecular complexity index is 1190. The summed E-state index contributed by atoms with van der Waals surface area (Å²) in [5.41, 5.74) is 4.57. The summed E-state index contributed by atoms with van der Waals surface area (Å²) in [6, 6.07) is 8.78. The van der Waals surface area contributed by atoms with Crippen molar-refractivity contribution in [3.63, 3.8) is 0 Å². The zero-order valence-corrected chi connectivity index (χ0v) is 17.1. The van der Waals surface area contributed by atoms with Crippen LogP contribution < -0.4 is 10.4 Å². The highest BCUT2D eigenvalue weighted by Crippen LogP contribution is 2.25. The molecule has 1 aromatic heterocycles. The molecule has 1 N–H and O–H groups in total. The molecule has 3 aromatic rings. The number of rotatable bonds is 5. The Morgan fingerprint density at radius 1 is 0.852 bits per heavy atom. The van der Waals surface area contributed by atoms with Crippen LogP contribution in [0.4, 0.5) is 5.69 Å². The van der Waals surface area contributed by atoms with Crippen LogP contribution in [0.15, 0.2) is 40.0 Å². The minimum Gasteiger partial charge on any atom is -0.292 e. The monoisotopic (exact) mass is 387 g/mol. The van der Waals surface area contributed by atoms with Gasteiger partial charge >= 0.3 is 5.69 Å². The van der Waals surface area contributed by atoms with Crippen LogP contribution in [0.3, 0.4) is 0 Å². The molecule has 0 fully saturated rings. The van der Waals surface area contributed by atoms with Crippen LogP contribution in [0, 0.1) is 20.8 Å². The van der Waals surface area contributed by atoms with E-state index in [-0.39, 0.29) is 10.6 Å². The van der Waals surface area contributed by atoms with Gasteiger partial charge in [-0.25, -0.2) is 13.2 Å². The first-order valence-corrected chi connectivity index (χ1v) is 10.5. The first kappa shape index (κ1) is 19.2. The van der Waals surface area contributed by atoms with Gasteiger partial charge in [-0.3, -0.25) is 13.9 Å². The van der Waals surface area contributed by atoms with Crippen LogP contribution in [-0.4, -0.2) is 17.6 Å². The number of benzene rings is 2. The van der Waals surface area contributed by atoms with Gasteiger partial charge in [-0.15, -0.1) is 0 Å². The number of sulfonamides is 1. The molecule has 0 atom stereocenters. The van der Waals surface area contributed by atoms with Gasteiger partial charge in [0.05, 0.1) is 21.6 Å². The van der Waals surface area contributed by atoms with Crippen molar-refractivity contribution < 1.29 is 8.42 Å². The van der Waals surface area contributed by atoms with E-state index in [1.54, 1.807) is 40.3 Å². The van der Waals surface area contributed by atoms with Crippen LogP contribution in [0.5, 0.6) is 0 Å². The third kappa shape index (κ3) is 3.27. The molecule has 0 spiro atoms. The Balaban J connectivity index is 2.09. The molecule has 0 amide bonds. The lowest BCUT2D eigenvalue weighted by Gasteiger charge is -2.13. The van der Waals surface area contributed by atoms with Crippen molar-refractivity contribution in [1.29, 1.82) is 0 Å². The minimum atomic E-state index is -3.72. The van der Waals surface area contributed by atoms with Gasteiger partial charge in [0.1, 0.15) is 0 Å². The molecule has 0 aliphatic heterocycles. The van der Waals surface area contributed by atoms with Crippen molar-refractivity contribution in [3.8, 4) is 0 Å². The van der Waals surface area contributed by atoms with Crippen molar-refractivity contribution in [3.05, 3.63) is 57.5 Å². The Morgan fingerprint density at radius 3 is 2.07 bits per heavy atom. The van der Waals surface area contributed by atoms with E-state index < -0.39 is 10.0 Å². The highest BCUT2D eigenvalue weighted by Gasteiger charge is 2.19. The summed E-state index contributed by atoms with van der Waals surface area (Å²) in [6.45, 7) is 10.6. The molecule has 0 aliphatic carbocycles. The summed E-state index contributed by atoms with van der Waals surface area (Å²) in [6.07, 6.45) is 0. The predicted octanol–water partition coefficient (Wildman–Crippen LogP) is 3.57. The third-order valence-electron chi connectivity index (χ3n) is 4.98. The normalized spacial score (nSPS) is 11.9. The first-order chi connectivity index (χ1) is 12.7. The number of aryl methyl sites for hydroxylation is 5. The lowest BCUT2D eigenvalue weighted by Crippen LogP contribution is -2.23. The van der Waals surface area contributed by atoms with Crippen molar-refractivity contribution in [1.82, 2.24) is 9.13 Å². The van der Waals surface area contributed by atoms with Crippen LogP contribution in [-0.2, 0) is 23.1 Å². The molecule has 1 heterocycles.